The zero-order valence-electron chi connectivity index (χ0n) is 15.5. The van der Waals surface area contributed by atoms with E-state index in [1.165, 1.54) is 12.1 Å². The van der Waals surface area contributed by atoms with Gasteiger partial charge in [-0.1, -0.05) is 12.1 Å². The fourth-order valence-electron chi connectivity index (χ4n) is 2.82. The van der Waals surface area contributed by atoms with E-state index in [2.05, 4.69) is 15.5 Å². The molecule has 1 aliphatic rings. The van der Waals surface area contributed by atoms with Crippen LogP contribution in [0.2, 0.25) is 0 Å². The second kappa shape index (κ2) is 8.05. The van der Waals surface area contributed by atoms with Crippen LogP contribution in [0.3, 0.4) is 0 Å². The minimum absolute atomic E-state index is 0.101. The summed E-state index contributed by atoms with van der Waals surface area (Å²) in [7, 11) is 0. The normalized spacial score (nSPS) is 12.8. The van der Waals surface area contributed by atoms with Crippen LogP contribution in [0.1, 0.15) is 23.4 Å². The molecule has 1 N–H and O–H groups in total. The van der Waals surface area contributed by atoms with Crippen molar-refractivity contribution < 1.29 is 31.9 Å². The van der Waals surface area contributed by atoms with Gasteiger partial charge in [-0.3, -0.25) is 4.79 Å². The lowest BCUT2D eigenvalue weighted by Gasteiger charge is -2.08. The molecule has 2 aromatic carbocycles. The van der Waals surface area contributed by atoms with Crippen LogP contribution in [0.5, 0.6) is 11.5 Å². The number of amides is 1. The van der Waals surface area contributed by atoms with Crippen molar-refractivity contribution in [1.82, 2.24) is 15.5 Å². The molecule has 0 saturated carbocycles. The van der Waals surface area contributed by atoms with Crippen LogP contribution in [0, 0.1) is 0 Å². The maximum atomic E-state index is 12.6. The molecule has 0 bridgehead atoms. The van der Waals surface area contributed by atoms with Crippen molar-refractivity contribution in [2.24, 2.45) is 0 Å². The van der Waals surface area contributed by atoms with E-state index < -0.39 is 11.7 Å². The van der Waals surface area contributed by atoms with Crippen LogP contribution in [-0.2, 0) is 23.9 Å². The van der Waals surface area contributed by atoms with Crippen molar-refractivity contribution in [3.05, 3.63) is 59.5 Å². The number of hydrogen-bond donors (Lipinski definition) is 1. The fourth-order valence-corrected chi connectivity index (χ4v) is 2.82. The van der Waals surface area contributed by atoms with Gasteiger partial charge in [-0.05, 0) is 35.9 Å². The van der Waals surface area contributed by atoms with Crippen molar-refractivity contribution in [3.63, 3.8) is 0 Å². The number of hydrogen-bond acceptors (Lipinski definition) is 6. The molecule has 2 heterocycles. The van der Waals surface area contributed by atoms with Gasteiger partial charge in [0.05, 0.1) is 5.56 Å². The van der Waals surface area contributed by atoms with Crippen LogP contribution in [0.15, 0.2) is 46.9 Å². The Morgan fingerprint density at radius 3 is 2.57 bits per heavy atom. The van der Waals surface area contributed by atoms with Gasteiger partial charge < -0.3 is 19.2 Å². The summed E-state index contributed by atoms with van der Waals surface area (Å²) in [6, 6.07) is 9.88. The summed E-state index contributed by atoms with van der Waals surface area (Å²) >= 11 is 0. The van der Waals surface area contributed by atoms with Crippen molar-refractivity contribution in [2.75, 3.05) is 6.79 Å². The molecule has 156 valence electrons. The maximum Gasteiger partial charge on any atom is 0.416 e. The Morgan fingerprint density at radius 2 is 1.80 bits per heavy atom. The van der Waals surface area contributed by atoms with Crippen molar-refractivity contribution >= 4 is 5.91 Å². The number of fused-ring (bicyclic) bond motifs is 1. The summed E-state index contributed by atoms with van der Waals surface area (Å²) in [5, 5.41) is 10.6. The lowest BCUT2D eigenvalue weighted by molar-refractivity contribution is -0.137. The molecule has 10 heteroatoms. The minimum Gasteiger partial charge on any atom is -0.454 e. The first-order chi connectivity index (χ1) is 14.4. The van der Waals surface area contributed by atoms with Gasteiger partial charge in [-0.25, -0.2) is 0 Å². The van der Waals surface area contributed by atoms with E-state index in [1.807, 2.05) is 0 Å². The molecule has 1 aromatic heterocycles. The number of rotatable bonds is 6. The zero-order valence-corrected chi connectivity index (χ0v) is 15.5. The summed E-state index contributed by atoms with van der Waals surface area (Å²) in [5.74, 6) is 1.55. The Labute approximate surface area is 168 Å². The third kappa shape index (κ3) is 4.53. The SMILES string of the molecule is O=C(CCc1nnc(-c2ccc3c(c2)OCO3)o1)NCc1ccc(C(F)(F)F)cc1. The predicted octanol–water partition coefficient (Wildman–Crippen LogP) is 3.73. The number of carbonyl (C=O) groups is 1. The zero-order chi connectivity index (χ0) is 21.1. The first-order valence-corrected chi connectivity index (χ1v) is 9.04. The number of carbonyl (C=O) groups excluding carboxylic acids is 1. The largest absolute Gasteiger partial charge is 0.454 e. The third-order valence-corrected chi connectivity index (χ3v) is 4.42. The van der Waals surface area contributed by atoms with E-state index in [0.717, 1.165) is 12.1 Å². The van der Waals surface area contributed by atoms with E-state index in [0.29, 0.717) is 34.4 Å². The number of alkyl halides is 3. The molecule has 0 unspecified atom stereocenters. The van der Waals surface area contributed by atoms with Crippen LogP contribution in [0.4, 0.5) is 13.2 Å². The molecule has 0 spiro atoms. The second-order valence-electron chi connectivity index (χ2n) is 6.54. The summed E-state index contributed by atoms with van der Waals surface area (Å²) in [6.45, 7) is 0.290. The van der Waals surface area contributed by atoms with E-state index in [1.54, 1.807) is 18.2 Å². The Hall–Kier alpha value is -3.56. The number of halogens is 3. The summed E-state index contributed by atoms with van der Waals surface area (Å²) in [5.41, 5.74) is 0.510. The lowest BCUT2D eigenvalue weighted by atomic mass is 10.1. The van der Waals surface area contributed by atoms with Crippen LogP contribution in [-0.4, -0.2) is 22.9 Å². The Bertz CT molecular complexity index is 1050. The third-order valence-electron chi connectivity index (χ3n) is 4.42. The van der Waals surface area contributed by atoms with Crippen molar-refractivity contribution in [3.8, 4) is 23.0 Å². The van der Waals surface area contributed by atoms with Crippen molar-refractivity contribution in [2.45, 2.75) is 25.6 Å². The van der Waals surface area contributed by atoms with Crippen molar-refractivity contribution in [1.29, 1.82) is 0 Å². The quantitative estimate of drug-likeness (QED) is 0.655. The first-order valence-electron chi connectivity index (χ1n) is 9.04. The lowest BCUT2D eigenvalue weighted by Crippen LogP contribution is -2.23. The van der Waals surface area contributed by atoms with Gasteiger partial charge in [-0.2, -0.15) is 13.2 Å². The smallest absolute Gasteiger partial charge is 0.416 e. The van der Waals surface area contributed by atoms with Crippen LogP contribution < -0.4 is 14.8 Å². The van der Waals surface area contributed by atoms with Crippen LogP contribution in [0.25, 0.3) is 11.5 Å². The molecule has 4 rings (SSSR count). The number of ether oxygens (including phenoxy) is 2. The molecule has 3 aromatic rings. The number of nitrogens with one attached hydrogen (secondary N) is 1. The molecule has 0 atom stereocenters. The molecule has 30 heavy (non-hydrogen) atoms. The Balaban J connectivity index is 1.27. The van der Waals surface area contributed by atoms with Gasteiger partial charge in [0.2, 0.25) is 24.5 Å². The Kier molecular flexibility index (Phi) is 5.30. The first kappa shape index (κ1) is 19.7. The molecular weight excluding hydrogens is 403 g/mol. The van der Waals surface area contributed by atoms with Gasteiger partial charge in [0.1, 0.15) is 0 Å². The molecule has 7 nitrogen and oxygen atoms in total. The molecule has 0 saturated heterocycles. The maximum absolute atomic E-state index is 12.6. The van der Waals surface area contributed by atoms with Gasteiger partial charge in [-0.15, -0.1) is 10.2 Å². The molecule has 1 amide bonds. The van der Waals surface area contributed by atoms with Crippen LogP contribution >= 0.6 is 0 Å². The standard InChI is InChI=1S/C20H16F3N3O4/c21-20(22,23)14-4-1-12(2-5-14)10-24-17(27)7-8-18-25-26-19(30-18)13-3-6-15-16(9-13)29-11-28-15/h1-6,9H,7-8,10-11H2,(H,24,27). The van der Waals surface area contributed by atoms with Gasteiger partial charge in [0.15, 0.2) is 11.5 Å². The predicted molar refractivity (Wildman–Crippen MR) is 97.5 cm³/mol. The number of benzene rings is 2. The summed E-state index contributed by atoms with van der Waals surface area (Å²) in [6.07, 6.45) is -4.05. The van der Waals surface area contributed by atoms with E-state index in [9.17, 15) is 18.0 Å². The molecule has 0 fully saturated rings. The van der Waals surface area contributed by atoms with Gasteiger partial charge in [0.25, 0.3) is 0 Å². The number of nitrogens with zero attached hydrogens (tertiary/aromatic N) is 2. The van der Waals surface area contributed by atoms with E-state index in [-0.39, 0.29) is 32.1 Å². The Morgan fingerprint density at radius 1 is 1.03 bits per heavy atom. The minimum atomic E-state index is -4.38. The molecule has 0 aliphatic carbocycles. The molecule has 1 aliphatic heterocycles. The highest BCUT2D eigenvalue weighted by atomic mass is 19.4. The highest BCUT2D eigenvalue weighted by molar-refractivity contribution is 5.76. The highest BCUT2D eigenvalue weighted by Gasteiger charge is 2.29. The average Bonchev–Trinajstić information content (AvgIpc) is 3.39. The monoisotopic (exact) mass is 419 g/mol. The van der Waals surface area contributed by atoms with E-state index >= 15 is 0 Å². The summed E-state index contributed by atoms with van der Waals surface area (Å²) < 4.78 is 53.8. The van der Waals surface area contributed by atoms with Gasteiger partial charge in [0, 0.05) is 24.9 Å². The highest BCUT2D eigenvalue weighted by Crippen LogP contribution is 2.35. The van der Waals surface area contributed by atoms with E-state index in [4.69, 9.17) is 13.9 Å². The number of aromatic nitrogens is 2. The average molecular weight is 419 g/mol. The topological polar surface area (TPSA) is 86.5 Å². The second-order valence-corrected chi connectivity index (χ2v) is 6.54. The molecular formula is C20H16F3N3O4. The van der Waals surface area contributed by atoms with Gasteiger partial charge >= 0.3 is 6.18 Å². The summed E-state index contributed by atoms with van der Waals surface area (Å²) in [4.78, 5) is 12.0. The fraction of sp³-hybridized carbons (Fsp3) is 0.250. The molecule has 0 radical (unpaired) electrons. The number of aryl methyl sites for hydroxylation is 1.